The fourth-order valence-electron chi connectivity index (χ4n) is 2.95. The Bertz CT molecular complexity index is 700. The molecule has 0 atom stereocenters. The number of nitrogens with one attached hydrogen (secondary N) is 1. The minimum absolute atomic E-state index is 0.149. The van der Waals surface area contributed by atoms with Gasteiger partial charge in [-0.05, 0) is 25.0 Å². The molecule has 1 N–H and O–H groups in total. The van der Waals surface area contributed by atoms with Gasteiger partial charge in [-0.2, -0.15) is 0 Å². The van der Waals surface area contributed by atoms with E-state index in [1.54, 1.807) is 6.20 Å². The molecule has 7 nitrogen and oxygen atoms in total. The predicted molar refractivity (Wildman–Crippen MR) is 91.9 cm³/mol. The number of carbonyl (C=O) groups is 1. The molecule has 128 valence electrons. The van der Waals surface area contributed by atoms with Crippen LogP contribution >= 0.6 is 0 Å². The molecule has 0 bridgehead atoms. The monoisotopic (exact) mass is 328 g/mol. The highest BCUT2D eigenvalue weighted by Crippen LogP contribution is 2.17. The lowest BCUT2D eigenvalue weighted by Gasteiger charge is -2.16. The molecule has 0 saturated carbocycles. The maximum atomic E-state index is 12.3. The van der Waals surface area contributed by atoms with Gasteiger partial charge in [0.05, 0.1) is 12.1 Å². The first-order valence-corrected chi connectivity index (χ1v) is 8.43. The second-order valence-corrected chi connectivity index (χ2v) is 6.47. The van der Waals surface area contributed by atoms with Crippen LogP contribution < -0.4 is 10.2 Å². The quantitative estimate of drug-likeness (QED) is 0.907. The first-order chi connectivity index (χ1) is 11.6. The fraction of sp³-hybridized carbons (Fsp3) is 0.529. The van der Waals surface area contributed by atoms with Crippen molar-refractivity contribution in [1.29, 1.82) is 0 Å². The highest BCUT2D eigenvalue weighted by Gasteiger charge is 2.15. The number of hydrogen-bond acceptors (Lipinski definition) is 5. The van der Waals surface area contributed by atoms with Gasteiger partial charge in [0, 0.05) is 32.3 Å². The molecule has 1 aliphatic heterocycles. The van der Waals surface area contributed by atoms with Crippen molar-refractivity contribution in [2.45, 2.75) is 39.2 Å². The third-order valence-corrected chi connectivity index (χ3v) is 4.36. The number of anilines is 1. The molecule has 24 heavy (non-hydrogen) atoms. The standard InChI is InChI=1S/C17H24N6O/c1-12(2)16-21-20-15(22(16)3)11-19-17(24)13-6-7-14(18-10-13)23-8-4-5-9-23/h6-7,10,12H,4-5,8-9,11H2,1-3H3,(H,19,24). The summed E-state index contributed by atoms with van der Waals surface area (Å²) in [6.45, 7) is 6.58. The molecule has 1 fully saturated rings. The van der Waals surface area contributed by atoms with E-state index < -0.39 is 0 Å². The first-order valence-electron chi connectivity index (χ1n) is 8.43. The summed E-state index contributed by atoms with van der Waals surface area (Å²) in [5.74, 6) is 2.75. The molecule has 2 aromatic rings. The van der Waals surface area contributed by atoms with Crippen molar-refractivity contribution in [3.05, 3.63) is 35.5 Å². The van der Waals surface area contributed by atoms with E-state index in [-0.39, 0.29) is 5.91 Å². The highest BCUT2D eigenvalue weighted by molar-refractivity contribution is 5.93. The zero-order valence-electron chi connectivity index (χ0n) is 14.5. The van der Waals surface area contributed by atoms with Crippen molar-refractivity contribution in [3.63, 3.8) is 0 Å². The summed E-state index contributed by atoms with van der Waals surface area (Å²) in [7, 11) is 1.92. The average molecular weight is 328 g/mol. The third-order valence-electron chi connectivity index (χ3n) is 4.36. The summed E-state index contributed by atoms with van der Waals surface area (Å²) in [4.78, 5) is 18.9. The van der Waals surface area contributed by atoms with Gasteiger partial charge in [0.1, 0.15) is 11.6 Å². The van der Waals surface area contributed by atoms with Crippen molar-refractivity contribution >= 4 is 11.7 Å². The smallest absolute Gasteiger partial charge is 0.253 e. The average Bonchev–Trinajstić information content (AvgIpc) is 3.23. The van der Waals surface area contributed by atoms with Crippen LogP contribution in [0, 0.1) is 0 Å². The zero-order valence-corrected chi connectivity index (χ0v) is 14.5. The SMILES string of the molecule is CC(C)c1nnc(CNC(=O)c2ccc(N3CCCC3)nc2)n1C. The summed E-state index contributed by atoms with van der Waals surface area (Å²) in [5.41, 5.74) is 0.559. The fourth-order valence-corrected chi connectivity index (χ4v) is 2.95. The van der Waals surface area contributed by atoms with Gasteiger partial charge in [0.15, 0.2) is 5.82 Å². The van der Waals surface area contributed by atoms with Crippen LogP contribution in [0.15, 0.2) is 18.3 Å². The summed E-state index contributed by atoms with van der Waals surface area (Å²) in [6.07, 6.45) is 4.05. The molecule has 1 aliphatic rings. The number of rotatable bonds is 5. The Kier molecular flexibility index (Phi) is 4.78. The molecular weight excluding hydrogens is 304 g/mol. The topological polar surface area (TPSA) is 75.9 Å². The normalized spacial score (nSPS) is 14.4. The molecule has 0 aromatic carbocycles. The lowest BCUT2D eigenvalue weighted by molar-refractivity contribution is 0.0949. The second-order valence-electron chi connectivity index (χ2n) is 6.47. The van der Waals surface area contributed by atoms with Crippen molar-refractivity contribution in [3.8, 4) is 0 Å². The van der Waals surface area contributed by atoms with E-state index in [0.717, 1.165) is 30.6 Å². The van der Waals surface area contributed by atoms with Gasteiger partial charge in [-0.1, -0.05) is 13.8 Å². The molecule has 1 amide bonds. The minimum atomic E-state index is -0.149. The number of carbonyl (C=O) groups excluding carboxylic acids is 1. The molecule has 0 unspecified atom stereocenters. The first kappa shape index (κ1) is 16.4. The van der Waals surface area contributed by atoms with Gasteiger partial charge < -0.3 is 14.8 Å². The number of pyridine rings is 1. The van der Waals surface area contributed by atoms with Gasteiger partial charge in [0.2, 0.25) is 0 Å². The number of hydrogen-bond donors (Lipinski definition) is 1. The van der Waals surface area contributed by atoms with Crippen LogP contribution in [-0.2, 0) is 13.6 Å². The number of nitrogens with zero attached hydrogens (tertiary/aromatic N) is 5. The predicted octanol–water partition coefficient (Wildman–Crippen LogP) is 1.86. The van der Waals surface area contributed by atoms with Crippen LogP contribution in [0.3, 0.4) is 0 Å². The van der Waals surface area contributed by atoms with Gasteiger partial charge in [-0.3, -0.25) is 4.79 Å². The lowest BCUT2D eigenvalue weighted by Crippen LogP contribution is -2.25. The Balaban J connectivity index is 1.60. The Hall–Kier alpha value is -2.44. The summed E-state index contributed by atoms with van der Waals surface area (Å²) >= 11 is 0. The largest absolute Gasteiger partial charge is 0.357 e. The van der Waals surface area contributed by atoms with E-state index >= 15 is 0 Å². The maximum Gasteiger partial charge on any atom is 0.253 e. The van der Waals surface area contributed by atoms with E-state index in [2.05, 4.69) is 39.2 Å². The Morgan fingerprint density at radius 1 is 1.25 bits per heavy atom. The van der Waals surface area contributed by atoms with Crippen LogP contribution in [0.25, 0.3) is 0 Å². The molecule has 3 heterocycles. The molecule has 1 saturated heterocycles. The van der Waals surface area contributed by atoms with Crippen LogP contribution in [0.1, 0.15) is 54.6 Å². The van der Waals surface area contributed by atoms with E-state index in [1.807, 2.05) is 23.7 Å². The van der Waals surface area contributed by atoms with E-state index in [0.29, 0.717) is 18.0 Å². The lowest BCUT2D eigenvalue weighted by atomic mass is 10.2. The highest BCUT2D eigenvalue weighted by atomic mass is 16.1. The van der Waals surface area contributed by atoms with Gasteiger partial charge in [0.25, 0.3) is 5.91 Å². The van der Waals surface area contributed by atoms with Crippen LogP contribution in [-0.4, -0.2) is 38.7 Å². The Morgan fingerprint density at radius 3 is 2.58 bits per heavy atom. The van der Waals surface area contributed by atoms with E-state index in [4.69, 9.17) is 0 Å². The molecule has 2 aromatic heterocycles. The minimum Gasteiger partial charge on any atom is -0.357 e. The Labute approximate surface area is 142 Å². The molecule has 7 heteroatoms. The van der Waals surface area contributed by atoms with Gasteiger partial charge in [-0.15, -0.1) is 10.2 Å². The molecule has 0 aliphatic carbocycles. The van der Waals surface area contributed by atoms with Crippen molar-refractivity contribution < 1.29 is 4.79 Å². The summed E-state index contributed by atoms with van der Waals surface area (Å²) in [5, 5.41) is 11.2. The molecule has 3 rings (SSSR count). The van der Waals surface area contributed by atoms with Gasteiger partial charge >= 0.3 is 0 Å². The number of aromatic nitrogens is 4. The van der Waals surface area contributed by atoms with Gasteiger partial charge in [-0.25, -0.2) is 4.98 Å². The van der Waals surface area contributed by atoms with Crippen LogP contribution in [0.4, 0.5) is 5.82 Å². The van der Waals surface area contributed by atoms with E-state index in [1.165, 1.54) is 12.8 Å². The Morgan fingerprint density at radius 2 is 2.00 bits per heavy atom. The molecule has 0 spiro atoms. The second kappa shape index (κ2) is 6.98. The van der Waals surface area contributed by atoms with Crippen molar-refractivity contribution in [1.82, 2.24) is 25.1 Å². The maximum absolute atomic E-state index is 12.3. The zero-order chi connectivity index (χ0) is 17.1. The van der Waals surface area contributed by atoms with Crippen LogP contribution in [0.2, 0.25) is 0 Å². The van der Waals surface area contributed by atoms with Crippen molar-refractivity contribution in [2.24, 2.45) is 7.05 Å². The summed E-state index contributed by atoms with van der Waals surface area (Å²) in [6, 6.07) is 3.74. The summed E-state index contributed by atoms with van der Waals surface area (Å²) < 4.78 is 1.93. The van der Waals surface area contributed by atoms with E-state index in [9.17, 15) is 4.79 Å². The number of amides is 1. The third kappa shape index (κ3) is 3.39. The van der Waals surface area contributed by atoms with Crippen LogP contribution in [0.5, 0.6) is 0 Å². The van der Waals surface area contributed by atoms with Crippen molar-refractivity contribution in [2.75, 3.05) is 18.0 Å². The molecular formula is C17H24N6O. The molecule has 0 radical (unpaired) electrons.